The van der Waals surface area contributed by atoms with E-state index >= 15 is 0 Å². The van der Waals surface area contributed by atoms with Crippen molar-refractivity contribution >= 4 is 0 Å². The Morgan fingerprint density at radius 3 is 2.64 bits per heavy atom. The van der Waals surface area contributed by atoms with E-state index in [0.717, 1.165) is 23.3 Å². The number of aryl methyl sites for hydroxylation is 1. The number of halogens is 1. The van der Waals surface area contributed by atoms with E-state index in [-0.39, 0.29) is 11.2 Å². The highest BCUT2D eigenvalue weighted by atomic mass is 19.1. The normalized spacial score (nSPS) is 20.4. The first-order valence-corrected chi connectivity index (χ1v) is 13.5. The van der Waals surface area contributed by atoms with Crippen LogP contribution in [0, 0.1) is 11.2 Å². The van der Waals surface area contributed by atoms with Gasteiger partial charge in [0.15, 0.2) is 0 Å². The lowest BCUT2D eigenvalue weighted by molar-refractivity contribution is 0.304. The molecule has 1 heterocycles. The number of aromatic nitrogens is 1. The molecular formula is C32H38FNO2. The second-order valence-electron chi connectivity index (χ2n) is 11.2. The summed E-state index contributed by atoms with van der Waals surface area (Å²) in [6, 6.07) is 14.7. The summed E-state index contributed by atoms with van der Waals surface area (Å²) in [5.74, 6) is 2.07. The Morgan fingerprint density at radius 1 is 1.03 bits per heavy atom. The monoisotopic (exact) mass is 487 g/mol. The maximum atomic E-state index is 15.0. The molecule has 36 heavy (non-hydrogen) atoms. The first-order valence-electron chi connectivity index (χ1n) is 13.5. The average molecular weight is 488 g/mol. The fourth-order valence-electron chi connectivity index (χ4n) is 6.45. The van der Waals surface area contributed by atoms with Crippen LogP contribution in [0.2, 0.25) is 0 Å². The second-order valence-corrected chi connectivity index (χ2v) is 11.2. The highest BCUT2D eigenvalue weighted by molar-refractivity contribution is 5.70. The number of hydrogen-bond acceptors (Lipinski definition) is 3. The lowest BCUT2D eigenvalue weighted by Crippen LogP contribution is -2.17. The summed E-state index contributed by atoms with van der Waals surface area (Å²) >= 11 is 0. The summed E-state index contributed by atoms with van der Waals surface area (Å²) in [7, 11) is 1.56. The molecule has 4 heteroatoms. The van der Waals surface area contributed by atoms with Crippen molar-refractivity contribution in [3.05, 3.63) is 76.7 Å². The zero-order valence-electron chi connectivity index (χ0n) is 22.1. The third-order valence-electron chi connectivity index (χ3n) is 8.44. The molecule has 0 saturated heterocycles. The summed E-state index contributed by atoms with van der Waals surface area (Å²) in [5.41, 5.74) is 6.90. The van der Waals surface area contributed by atoms with Crippen LogP contribution >= 0.6 is 0 Å². The van der Waals surface area contributed by atoms with Gasteiger partial charge in [0, 0.05) is 11.6 Å². The minimum atomic E-state index is -0.323. The molecule has 0 amide bonds. The van der Waals surface area contributed by atoms with Crippen LogP contribution in [0.15, 0.2) is 48.7 Å². The quantitative estimate of drug-likeness (QED) is 0.319. The molecule has 0 spiro atoms. The van der Waals surface area contributed by atoms with Crippen LogP contribution in [-0.4, -0.2) is 12.1 Å². The largest absolute Gasteiger partial charge is 0.489 e. The first kappa shape index (κ1) is 24.8. The number of methoxy groups -OCH3 is 1. The van der Waals surface area contributed by atoms with Crippen molar-refractivity contribution in [3.8, 4) is 22.8 Å². The Kier molecular flexibility index (Phi) is 7.05. The molecule has 0 bridgehead atoms. The van der Waals surface area contributed by atoms with Crippen molar-refractivity contribution in [2.75, 3.05) is 7.11 Å². The molecule has 2 aliphatic carbocycles. The SMILES string of the molecule is CCCC1CCc2ccc(OCc3ccc(-c4cc(OC)ncc4F)c(C4CCCC4(C)C)c3)cc21. The lowest BCUT2D eigenvalue weighted by Gasteiger charge is -2.30. The van der Waals surface area contributed by atoms with Gasteiger partial charge in [-0.1, -0.05) is 57.9 Å². The minimum absolute atomic E-state index is 0.163. The van der Waals surface area contributed by atoms with Crippen LogP contribution in [0.5, 0.6) is 11.6 Å². The molecule has 190 valence electrons. The van der Waals surface area contributed by atoms with Gasteiger partial charge < -0.3 is 9.47 Å². The molecule has 3 nitrogen and oxygen atoms in total. The zero-order chi connectivity index (χ0) is 25.3. The van der Waals surface area contributed by atoms with E-state index in [1.807, 2.05) is 0 Å². The maximum absolute atomic E-state index is 15.0. The maximum Gasteiger partial charge on any atom is 0.213 e. The van der Waals surface area contributed by atoms with Gasteiger partial charge in [0.25, 0.3) is 0 Å². The topological polar surface area (TPSA) is 31.4 Å². The van der Waals surface area contributed by atoms with E-state index in [9.17, 15) is 4.39 Å². The van der Waals surface area contributed by atoms with Gasteiger partial charge in [0.1, 0.15) is 18.2 Å². The Labute approximate surface area is 215 Å². The number of hydrogen-bond donors (Lipinski definition) is 0. The van der Waals surface area contributed by atoms with Gasteiger partial charge in [-0.2, -0.15) is 0 Å². The minimum Gasteiger partial charge on any atom is -0.489 e. The Morgan fingerprint density at radius 2 is 1.89 bits per heavy atom. The number of nitrogens with zero attached hydrogens (tertiary/aromatic N) is 1. The number of fused-ring (bicyclic) bond motifs is 1. The van der Waals surface area contributed by atoms with Crippen molar-refractivity contribution < 1.29 is 13.9 Å². The van der Waals surface area contributed by atoms with Crippen LogP contribution in [0.25, 0.3) is 11.1 Å². The van der Waals surface area contributed by atoms with Crippen molar-refractivity contribution in [3.63, 3.8) is 0 Å². The molecule has 1 saturated carbocycles. The van der Waals surface area contributed by atoms with Gasteiger partial charge in [0.05, 0.1) is 13.3 Å². The average Bonchev–Trinajstić information content (AvgIpc) is 3.45. The standard InChI is InChI=1S/C32H38FNO2/c1-5-7-22-10-11-23-12-13-24(17-26(22)23)36-20-21-9-14-25(28-18-31(35-4)34-19-30(28)33)27(16-21)29-8-6-15-32(29,2)3/h9,12-14,16-19,22,29H,5-8,10-11,15,20H2,1-4H3. The number of pyridine rings is 1. The lowest BCUT2D eigenvalue weighted by atomic mass is 9.75. The smallest absolute Gasteiger partial charge is 0.213 e. The van der Waals surface area contributed by atoms with E-state index in [1.165, 1.54) is 61.4 Å². The van der Waals surface area contributed by atoms with Gasteiger partial charge >= 0.3 is 0 Å². The molecular weight excluding hydrogens is 449 g/mol. The van der Waals surface area contributed by atoms with Gasteiger partial charge in [-0.3, -0.25) is 0 Å². The molecule has 2 aliphatic rings. The zero-order valence-corrected chi connectivity index (χ0v) is 22.1. The number of ether oxygens (including phenoxy) is 2. The number of rotatable bonds is 8. The van der Waals surface area contributed by atoms with Crippen LogP contribution < -0.4 is 9.47 Å². The summed E-state index contributed by atoms with van der Waals surface area (Å²) in [6.07, 6.45) is 9.62. The Balaban J connectivity index is 1.45. The predicted molar refractivity (Wildman–Crippen MR) is 143 cm³/mol. The van der Waals surface area contributed by atoms with Crippen LogP contribution in [0.4, 0.5) is 4.39 Å². The van der Waals surface area contributed by atoms with Crippen molar-refractivity contribution in [1.82, 2.24) is 4.98 Å². The fourth-order valence-corrected chi connectivity index (χ4v) is 6.45. The van der Waals surface area contributed by atoms with Crippen LogP contribution in [0.1, 0.15) is 93.4 Å². The fraction of sp³-hybridized carbons (Fsp3) is 0.469. The molecule has 3 aromatic rings. The molecule has 0 aliphatic heterocycles. The molecule has 1 aromatic heterocycles. The molecule has 2 atom stereocenters. The third-order valence-corrected chi connectivity index (χ3v) is 8.44. The molecule has 5 rings (SSSR count). The molecule has 2 unspecified atom stereocenters. The Bertz CT molecular complexity index is 1230. The van der Waals surface area contributed by atoms with Crippen molar-refractivity contribution in [1.29, 1.82) is 0 Å². The summed E-state index contributed by atoms with van der Waals surface area (Å²) < 4.78 is 26.6. The first-order chi connectivity index (χ1) is 17.4. The summed E-state index contributed by atoms with van der Waals surface area (Å²) in [6.45, 7) is 7.43. The van der Waals surface area contributed by atoms with E-state index < -0.39 is 0 Å². The molecule has 1 fully saturated rings. The van der Waals surface area contributed by atoms with Crippen LogP contribution in [-0.2, 0) is 13.0 Å². The second kappa shape index (κ2) is 10.2. The third kappa shape index (κ3) is 4.87. The Hall–Kier alpha value is -2.88. The van der Waals surface area contributed by atoms with E-state index in [1.54, 1.807) is 13.2 Å². The highest BCUT2D eigenvalue weighted by Crippen LogP contribution is 2.51. The summed E-state index contributed by atoms with van der Waals surface area (Å²) in [4.78, 5) is 4.04. The molecule has 2 aromatic carbocycles. The van der Waals surface area contributed by atoms with Crippen molar-refractivity contribution in [2.45, 2.75) is 84.2 Å². The van der Waals surface area contributed by atoms with Gasteiger partial charge in [-0.05, 0) is 89.3 Å². The van der Waals surface area contributed by atoms with Crippen LogP contribution in [0.3, 0.4) is 0 Å². The predicted octanol–water partition coefficient (Wildman–Crippen LogP) is 8.60. The highest BCUT2D eigenvalue weighted by Gasteiger charge is 2.37. The van der Waals surface area contributed by atoms with Gasteiger partial charge in [-0.25, -0.2) is 9.37 Å². The molecule has 0 radical (unpaired) electrons. The van der Waals surface area contributed by atoms with E-state index in [4.69, 9.17) is 9.47 Å². The molecule has 0 N–H and O–H groups in total. The van der Waals surface area contributed by atoms with Crippen molar-refractivity contribution in [2.24, 2.45) is 5.41 Å². The van der Waals surface area contributed by atoms with E-state index in [2.05, 4.69) is 62.2 Å². The number of benzene rings is 2. The van der Waals surface area contributed by atoms with E-state index in [0.29, 0.717) is 29.9 Å². The van der Waals surface area contributed by atoms with Gasteiger partial charge in [-0.15, -0.1) is 0 Å². The van der Waals surface area contributed by atoms with Gasteiger partial charge in [0.2, 0.25) is 5.88 Å². The summed E-state index contributed by atoms with van der Waals surface area (Å²) in [5, 5.41) is 0.